The molecule has 7 nitrogen and oxygen atoms in total. The van der Waals surface area contributed by atoms with Crippen molar-refractivity contribution >= 4 is 27.3 Å². The lowest BCUT2D eigenvalue weighted by Crippen LogP contribution is -2.54. The monoisotopic (exact) mass is 444 g/mol. The van der Waals surface area contributed by atoms with E-state index in [1.165, 1.54) is 4.88 Å². The van der Waals surface area contributed by atoms with Crippen LogP contribution in [-0.4, -0.2) is 81.3 Å². The molecular formula is C20H36N4O3S2. The lowest BCUT2D eigenvalue weighted by atomic mass is 10.1. The Morgan fingerprint density at radius 1 is 1.28 bits per heavy atom. The number of nitrogens with zero attached hydrogens (tertiary/aromatic N) is 3. The summed E-state index contributed by atoms with van der Waals surface area (Å²) in [6.07, 6.45) is 1.08. The standard InChI is InChI=1S/C20H36N4O3S2/c1-5-21-20(22-16-18(4)15-19-7-6-13-28-19)23-8-10-24(11-9-23)29(25,26)14-12-27-17(2)3/h6-7,13,17-18H,5,8-12,14-16H2,1-4H3,(H,21,22). The minimum absolute atomic E-state index is 0.0412. The highest BCUT2D eigenvalue weighted by molar-refractivity contribution is 7.89. The van der Waals surface area contributed by atoms with Gasteiger partial charge in [0.1, 0.15) is 0 Å². The summed E-state index contributed by atoms with van der Waals surface area (Å²) in [7, 11) is -3.27. The van der Waals surface area contributed by atoms with Crippen LogP contribution in [0.4, 0.5) is 0 Å². The highest BCUT2D eigenvalue weighted by Gasteiger charge is 2.28. The third kappa shape index (κ3) is 8.24. The molecule has 1 fully saturated rings. The number of hydrogen-bond donors (Lipinski definition) is 1. The summed E-state index contributed by atoms with van der Waals surface area (Å²) in [6.45, 7) is 12.2. The molecular weight excluding hydrogens is 408 g/mol. The van der Waals surface area contributed by atoms with Gasteiger partial charge >= 0.3 is 0 Å². The van der Waals surface area contributed by atoms with Crippen LogP contribution in [0.1, 0.15) is 32.6 Å². The minimum atomic E-state index is -3.27. The van der Waals surface area contributed by atoms with E-state index < -0.39 is 10.0 Å². The van der Waals surface area contributed by atoms with Gasteiger partial charge in [-0.1, -0.05) is 13.0 Å². The zero-order valence-corrected chi connectivity index (χ0v) is 19.8. The van der Waals surface area contributed by atoms with E-state index in [0.717, 1.165) is 25.5 Å². The van der Waals surface area contributed by atoms with Crippen molar-refractivity contribution < 1.29 is 13.2 Å². The van der Waals surface area contributed by atoms with Gasteiger partial charge in [0.15, 0.2) is 5.96 Å². The largest absolute Gasteiger partial charge is 0.378 e. The number of guanidine groups is 1. The molecule has 29 heavy (non-hydrogen) atoms. The SMILES string of the molecule is CCNC(=NCC(C)Cc1cccs1)N1CCN(S(=O)(=O)CCOC(C)C)CC1. The third-order valence-electron chi connectivity index (χ3n) is 4.74. The lowest BCUT2D eigenvalue weighted by molar-refractivity contribution is 0.0904. The fourth-order valence-corrected chi connectivity index (χ4v) is 5.36. The van der Waals surface area contributed by atoms with E-state index in [2.05, 4.69) is 41.6 Å². The molecule has 2 heterocycles. The first-order chi connectivity index (χ1) is 13.8. The molecule has 0 radical (unpaired) electrons. The second-order valence-electron chi connectivity index (χ2n) is 7.70. The predicted molar refractivity (Wildman–Crippen MR) is 121 cm³/mol. The molecule has 166 valence electrons. The second kappa shape index (κ2) is 11.9. The van der Waals surface area contributed by atoms with E-state index >= 15 is 0 Å². The Morgan fingerprint density at radius 2 is 2.00 bits per heavy atom. The van der Waals surface area contributed by atoms with Crippen LogP contribution >= 0.6 is 11.3 Å². The van der Waals surface area contributed by atoms with Crippen molar-refractivity contribution in [3.05, 3.63) is 22.4 Å². The van der Waals surface area contributed by atoms with Gasteiger partial charge in [0.25, 0.3) is 0 Å². The first kappa shape index (κ1) is 24.1. The molecule has 0 saturated carbocycles. The van der Waals surface area contributed by atoms with Crippen LogP contribution in [-0.2, 0) is 21.2 Å². The number of ether oxygens (including phenoxy) is 1. The summed E-state index contributed by atoms with van der Waals surface area (Å²) in [5, 5.41) is 5.47. The maximum atomic E-state index is 12.5. The molecule has 1 aromatic heterocycles. The fourth-order valence-electron chi connectivity index (χ4n) is 3.20. The Kier molecular flexibility index (Phi) is 9.88. The summed E-state index contributed by atoms with van der Waals surface area (Å²) >= 11 is 1.79. The third-order valence-corrected chi connectivity index (χ3v) is 7.47. The molecule has 0 amide bonds. The Balaban J connectivity index is 1.86. The number of rotatable bonds is 10. The molecule has 0 aromatic carbocycles. The van der Waals surface area contributed by atoms with Gasteiger partial charge in [-0.05, 0) is 44.6 Å². The molecule has 1 aliphatic rings. The van der Waals surface area contributed by atoms with Gasteiger partial charge in [-0.3, -0.25) is 4.99 Å². The summed E-state index contributed by atoms with van der Waals surface area (Å²) in [5.74, 6) is 1.38. The Hall–Kier alpha value is -1.16. The van der Waals surface area contributed by atoms with E-state index in [0.29, 0.717) is 32.1 Å². The van der Waals surface area contributed by atoms with Crippen LogP contribution in [0.2, 0.25) is 0 Å². The zero-order valence-electron chi connectivity index (χ0n) is 18.1. The van der Waals surface area contributed by atoms with Crippen LogP contribution in [0.15, 0.2) is 22.5 Å². The Bertz CT molecular complexity index is 712. The van der Waals surface area contributed by atoms with Crippen LogP contribution in [0, 0.1) is 5.92 Å². The number of hydrogen-bond acceptors (Lipinski definition) is 5. The maximum absolute atomic E-state index is 12.5. The number of piperazine rings is 1. The molecule has 9 heteroatoms. The molecule has 0 aliphatic carbocycles. The van der Waals surface area contributed by atoms with Gasteiger partial charge in [-0.25, -0.2) is 8.42 Å². The van der Waals surface area contributed by atoms with Crippen LogP contribution < -0.4 is 5.32 Å². The average Bonchev–Trinajstić information content (AvgIpc) is 3.17. The fraction of sp³-hybridized carbons (Fsp3) is 0.750. The smallest absolute Gasteiger partial charge is 0.216 e. The van der Waals surface area contributed by atoms with Gasteiger partial charge < -0.3 is 15.0 Å². The predicted octanol–water partition coefficient (Wildman–Crippen LogP) is 2.26. The molecule has 0 bridgehead atoms. The van der Waals surface area contributed by atoms with Crippen molar-refractivity contribution in [2.45, 2.75) is 40.2 Å². The average molecular weight is 445 g/mol. The molecule has 2 rings (SSSR count). The normalized spacial score (nSPS) is 17.7. The summed E-state index contributed by atoms with van der Waals surface area (Å²) in [4.78, 5) is 8.37. The van der Waals surface area contributed by atoms with E-state index in [1.807, 2.05) is 13.8 Å². The van der Waals surface area contributed by atoms with Crippen LogP contribution in [0.3, 0.4) is 0 Å². The van der Waals surface area contributed by atoms with Crippen LogP contribution in [0.5, 0.6) is 0 Å². The van der Waals surface area contributed by atoms with Crippen LogP contribution in [0.25, 0.3) is 0 Å². The first-order valence-electron chi connectivity index (χ1n) is 10.5. The van der Waals surface area contributed by atoms with Gasteiger partial charge in [0.2, 0.25) is 10.0 Å². The molecule has 1 N–H and O–H groups in total. The summed E-state index contributed by atoms with van der Waals surface area (Å²) < 4.78 is 32.0. The molecule has 1 unspecified atom stereocenters. The van der Waals surface area contributed by atoms with Crippen molar-refractivity contribution in [1.29, 1.82) is 0 Å². The maximum Gasteiger partial charge on any atom is 0.216 e. The second-order valence-corrected chi connectivity index (χ2v) is 10.8. The molecule has 1 saturated heterocycles. The number of thiophene rings is 1. The number of nitrogens with one attached hydrogen (secondary N) is 1. The van der Waals surface area contributed by atoms with E-state index in [9.17, 15) is 8.42 Å². The lowest BCUT2D eigenvalue weighted by Gasteiger charge is -2.36. The summed E-state index contributed by atoms with van der Waals surface area (Å²) in [6, 6.07) is 4.25. The zero-order chi connectivity index (χ0) is 21.3. The van der Waals surface area contributed by atoms with Crippen molar-refractivity contribution in [3.8, 4) is 0 Å². The summed E-state index contributed by atoms with van der Waals surface area (Å²) in [5.41, 5.74) is 0. The highest BCUT2D eigenvalue weighted by atomic mass is 32.2. The molecule has 1 aliphatic heterocycles. The van der Waals surface area contributed by atoms with Gasteiger partial charge in [0, 0.05) is 44.1 Å². The van der Waals surface area contributed by atoms with Gasteiger partial charge in [-0.15, -0.1) is 11.3 Å². The Morgan fingerprint density at radius 3 is 2.59 bits per heavy atom. The highest BCUT2D eigenvalue weighted by Crippen LogP contribution is 2.15. The quantitative estimate of drug-likeness (QED) is 0.443. The van der Waals surface area contributed by atoms with Gasteiger partial charge in [0.05, 0.1) is 18.5 Å². The minimum Gasteiger partial charge on any atom is -0.378 e. The first-order valence-corrected chi connectivity index (χ1v) is 13.0. The van der Waals surface area contributed by atoms with E-state index in [-0.39, 0.29) is 18.5 Å². The van der Waals surface area contributed by atoms with Crippen molar-refractivity contribution in [3.63, 3.8) is 0 Å². The number of aliphatic imine (C=N–C) groups is 1. The van der Waals surface area contributed by atoms with Gasteiger partial charge in [-0.2, -0.15) is 4.31 Å². The molecule has 0 spiro atoms. The van der Waals surface area contributed by atoms with Crippen molar-refractivity contribution in [2.24, 2.45) is 10.9 Å². The van der Waals surface area contributed by atoms with Crippen molar-refractivity contribution in [1.82, 2.24) is 14.5 Å². The number of sulfonamides is 1. The van der Waals surface area contributed by atoms with E-state index in [1.54, 1.807) is 15.6 Å². The van der Waals surface area contributed by atoms with E-state index in [4.69, 9.17) is 9.73 Å². The Labute approximate surface area is 180 Å². The molecule has 1 atom stereocenters. The topological polar surface area (TPSA) is 74.2 Å². The van der Waals surface area contributed by atoms with Crippen molar-refractivity contribution in [2.75, 3.05) is 51.6 Å². The molecule has 1 aromatic rings.